The van der Waals surface area contributed by atoms with Crippen molar-refractivity contribution in [3.63, 3.8) is 0 Å². The lowest BCUT2D eigenvalue weighted by Gasteiger charge is -2.29. The molecule has 1 amide bonds. The number of nitrogens with zero attached hydrogens (tertiary/aromatic N) is 4. The third kappa shape index (κ3) is 4.92. The number of carbonyl (C=O) groups is 1. The number of aromatic amines is 1. The molecule has 0 aliphatic carbocycles. The molecule has 1 aliphatic heterocycles. The van der Waals surface area contributed by atoms with Crippen molar-refractivity contribution < 1.29 is 29.0 Å². The van der Waals surface area contributed by atoms with E-state index in [1.807, 2.05) is 0 Å². The lowest BCUT2D eigenvalue weighted by Crippen LogP contribution is -2.47. The van der Waals surface area contributed by atoms with E-state index in [1.165, 1.54) is 24.8 Å². The van der Waals surface area contributed by atoms with Gasteiger partial charge in [0.2, 0.25) is 5.91 Å². The van der Waals surface area contributed by atoms with Gasteiger partial charge in [0, 0.05) is 30.9 Å². The molecule has 3 heterocycles. The molecule has 1 unspecified atom stereocenters. The highest BCUT2D eigenvalue weighted by molar-refractivity contribution is 7.49. The summed E-state index contributed by atoms with van der Waals surface area (Å²) in [5.74, 6) is -1.01. The summed E-state index contributed by atoms with van der Waals surface area (Å²) in [6.07, 6.45) is 0.735. The number of aliphatic hydroxyl groups excluding tert-OH is 1. The summed E-state index contributed by atoms with van der Waals surface area (Å²) in [5.41, 5.74) is 11.1. The molecule has 0 saturated carbocycles. The Morgan fingerprint density at radius 2 is 2.23 bits per heavy atom. The van der Waals surface area contributed by atoms with Gasteiger partial charge in [-0.25, -0.2) is 19.0 Å². The quantitative estimate of drug-likeness (QED) is 0.249. The fourth-order valence-electron chi connectivity index (χ4n) is 3.10. The van der Waals surface area contributed by atoms with Crippen LogP contribution in [-0.2, 0) is 20.5 Å². The Balaban J connectivity index is 1.74. The molecule has 2 aromatic rings. The number of aliphatic hydroxyl groups is 1. The largest absolute Gasteiger partial charge is 0.432 e. The average molecular weight is 443 g/mol. The van der Waals surface area contributed by atoms with Crippen molar-refractivity contribution in [1.29, 1.82) is 0 Å². The first kappa shape index (κ1) is 22.1. The Morgan fingerprint density at radius 1 is 1.50 bits per heavy atom. The van der Waals surface area contributed by atoms with E-state index in [-0.39, 0.29) is 23.3 Å². The number of nitrogens with two attached hydrogens (primary N) is 2. The number of rotatable bonds is 7. The molecule has 0 spiro atoms. The zero-order chi connectivity index (χ0) is 22.1. The third-order valence-corrected chi connectivity index (χ3v) is 5.59. The number of carbonyl (C=O) groups excluding carboxylic acids is 1. The van der Waals surface area contributed by atoms with Crippen LogP contribution in [0.4, 0.5) is 5.82 Å². The van der Waals surface area contributed by atoms with Gasteiger partial charge in [-0.3, -0.25) is 9.36 Å². The minimum absolute atomic E-state index is 0.0101. The second-order valence-electron chi connectivity index (χ2n) is 6.80. The Bertz CT molecular complexity index is 991. The molecule has 0 bridgehead atoms. The van der Waals surface area contributed by atoms with Crippen molar-refractivity contribution >= 4 is 19.5 Å². The molecule has 1 aliphatic rings. The maximum absolute atomic E-state index is 12.6. The van der Waals surface area contributed by atoms with Crippen molar-refractivity contribution in [3.8, 4) is 0 Å². The highest BCUT2D eigenvalue weighted by atomic mass is 31.2. The van der Waals surface area contributed by atoms with Crippen LogP contribution in [-0.4, -0.2) is 69.8 Å². The first-order valence-electron chi connectivity index (χ1n) is 8.84. The van der Waals surface area contributed by atoms with Gasteiger partial charge in [0.1, 0.15) is 18.1 Å². The molecule has 3 rings (SSSR count). The van der Waals surface area contributed by atoms with Gasteiger partial charge in [0.25, 0.3) is 0 Å². The Hall–Kier alpha value is -2.61. The van der Waals surface area contributed by atoms with E-state index in [2.05, 4.69) is 15.0 Å². The molecule has 30 heavy (non-hydrogen) atoms. The van der Waals surface area contributed by atoms with E-state index in [0.717, 1.165) is 4.57 Å². The number of nitrogens with one attached hydrogen (secondary N) is 1. The van der Waals surface area contributed by atoms with Gasteiger partial charge in [-0.15, -0.1) is 0 Å². The zero-order valence-electron chi connectivity index (χ0n) is 15.6. The predicted molar refractivity (Wildman–Crippen MR) is 101 cm³/mol. The second kappa shape index (κ2) is 8.63. The molecule has 15 heteroatoms. The highest BCUT2D eigenvalue weighted by Crippen LogP contribution is 2.42. The summed E-state index contributed by atoms with van der Waals surface area (Å²) < 4.78 is 18.9. The van der Waals surface area contributed by atoms with Gasteiger partial charge in [-0.05, 0) is 6.07 Å². The molecular weight excluding hydrogens is 421 g/mol. The number of ether oxygens (including phenoxy) is 1. The fraction of sp³-hybridized carbons (Fsp3) is 0.467. The molecule has 0 aromatic carbocycles. The standard InChI is InChI=1S/C15H22N7O7P/c16-9(3-8-5-18-7-19-8)14(24)22(30(26,27)28)6-11-10(23)4-13(29-11)21-2-1-12(17)20-15(21)25/h1-2,5,7,9-11,13,23H,3-4,6,16H2,(H,18,19)(H2,17,20,25)(H2,26,27,28)/t9-,10?,11+,13+/m0/s1. The third-order valence-electron chi connectivity index (χ3n) is 4.60. The maximum atomic E-state index is 12.6. The van der Waals surface area contributed by atoms with Crippen LogP contribution in [0.3, 0.4) is 0 Å². The molecular formula is C15H22N7O7P. The van der Waals surface area contributed by atoms with Crippen molar-refractivity contribution in [1.82, 2.24) is 24.2 Å². The molecule has 14 nitrogen and oxygen atoms in total. The number of hydrogen-bond acceptors (Lipinski definition) is 9. The van der Waals surface area contributed by atoms with Crippen LogP contribution in [0, 0.1) is 0 Å². The monoisotopic (exact) mass is 443 g/mol. The number of H-pyrrole nitrogens is 1. The predicted octanol–water partition coefficient (Wildman–Crippen LogP) is -2.31. The number of anilines is 1. The summed E-state index contributed by atoms with van der Waals surface area (Å²) in [6.45, 7) is -0.630. The van der Waals surface area contributed by atoms with E-state index in [0.29, 0.717) is 5.69 Å². The Labute approximate surface area is 169 Å². The number of hydrogen-bond donors (Lipinski definition) is 6. The number of amides is 1. The van der Waals surface area contributed by atoms with E-state index in [1.54, 1.807) is 0 Å². The topological polar surface area (TPSA) is 223 Å². The van der Waals surface area contributed by atoms with Crippen LogP contribution in [0.15, 0.2) is 29.6 Å². The van der Waals surface area contributed by atoms with Crippen LogP contribution >= 0.6 is 7.75 Å². The van der Waals surface area contributed by atoms with E-state index >= 15 is 0 Å². The normalized spacial score (nSPS) is 22.7. The van der Waals surface area contributed by atoms with Gasteiger partial charge < -0.3 is 36.1 Å². The Kier molecular flexibility index (Phi) is 6.36. The van der Waals surface area contributed by atoms with E-state index < -0.39 is 50.4 Å². The van der Waals surface area contributed by atoms with Crippen LogP contribution in [0.1, 0.15) is 18.3 Å². The molecule has 2 aromatic heterocycles. The Morgan fingerprint density at radius 3 is 2.83 bits per heavy atom. The van der Waals surface area contributed by atoms with Crippen molar-refractivity contribution in [2.75, 3.05) is 12.3 Å². The highest BCUT2D eigenvalue weighted by Gasteiger charge is 2.42. The number of nitrogen functional groups attached to an aromatic ring is 1. The van der Waals surface area contributed by atoms with Crippen molar-refractivity contribution in [2.24, 2.45) is 5.73 Å². The smallest absolute Gasteiger partial charge is 0.390 e. The summed E-state index contributed by atoms with van der Waals surface area (Å²) in [7, 11) is -5.07. The van der Waals surface area contributed by atoms with Crippen molar-refractivity contribution in [3.05, 3.63) is 41.0 Å². The lowest BCUT2D eigenvalue weighted by molar-refractivity contribution is -0.131. The molecule has 8 N–H and O–H groups in total. The first-order chi connectivity index (χ1) is 14.1. The van der Waals surface area contributed by atoms with Crippen LogP contribution in [0.25, 0.3) is 0 Å². The van der Waals surface area contributed by atoms with E-state index in [4.69, 9.17) is 16.2 Å². The van der Waals surface area contributed by atoms with Crippen LogP contribution < -0.4 is 17.2 Å². The zero-order valence-corrected chi connectivity index (χ0v) is 16.5. The van der Waals surface area contributed by atoms with Gasteiger partial charge >= 0.3 is 13.4 Å². The van der Waals surface area contributed by atoms with Gasteiger partial charge in [-0.2, -0.15) is 4.98 Å². The molecule has 164 valence electrons. The SMILES string of the molecule is Nc1ccn([C@H]2CC(O)[C@@H](CN(C(=O)[C@@H](N)Cc3cnc[nH]3)P(=O)(O)O)O2)c(=O)n1. The average Bonchev–Trinajstić information content (AvgIpc) is 3.28. The van der Waals surface area contributed by atoms with Crippen molar-refractivity contribution in [2.45, 2.75) is 37.3 Å². The molecule has 1 saturated heterocycles. The second-order valence-corrected chi connectivity index (χ2v) is 8.30. The molecule has 4 atom stereocenters. The summed E-state index contributed by atoms with van der Waals surface area (Å²) >= 11 is 0. The molecule has 1 fully saturated rings. The van der Waals surface area contributed by atoms with Crippen LogP contribution in [0.2, 0.25) is 0 Å². The number of aromatic nitrogens is 4. The van der Waals surface area contributed by atoms with E-state index in [9.17, 15) is 29.0 Å². The minimum atomic E-state index is -5.07. The summed E-state index contributed by atoms with van der Waals surface area (Å²) in [4.78, 5) is 54.0. The van der Waals surface area contributed by atoms with Crippen LogP contribution in [0.5, 0.6) is 0 Å². The minimum Gasteiger partial charge on any atom is -0.390 e. The lowest BCUT2D eigenvalue weighted by atomic mass is 10.1. The first-order valence-corrected chi connectivity index (χ1v) is 10.4. The fourth-order valence-corrected chi connectivity index (χ4v) is 3.88. The van der Waals surface area contributed by atoms with Gasteiger partial charge in [0.05, 0.1) is 25.0 Å². The molecule has 0 radical (unpaired) electrons. The summed E-state index contributed by atoms with van der Waals surface area (Å²) in [6, 6.07) is 0.0982. The van der Waals surface area contributed by atoms with Gasteiger partial charge in [0.15, 0.2) is 0 Å². The number of imidazole rings is 1. The van der Waals surface area contributed by atoms with Gasteiger partial charge in [-0.1, -0.05) is 0 Å². The summed E-state index contributed by atoms with van der Waals surface area (Å²) in [5, 5.41) is 10.3. The maximum Gasteiger partial charge on any atom is 0.432 e.